The molecule has 2 aromatic carbocycles. The Bertz CT molecular complexity index is 1400. The summed E-state index contributed by atoms with van der Waals surface area (Å²) in [4.78, 5) is 29.8. The fourth-order valence-electron chi connectivity index (χ4n) is 4.17. The molecule has 0 saturated carbocycles. The molecule has 0 atom stereocenters. The summed E-state index contributed by atoms with van der Waals surface area (Å²) in [6.07, 6.45) is 2.67. The first-order valence-corrected chi connectivity index (χ1v) is 10.8. The lowest BCUT2D eigenvalue weighted by Crippen LogP contribution is -2.28. The molecular weight excluding hydrogens is 422 g/mol. The largest absolute Gasteiger partial charge is 0.478 e. The fourth-order valence-corrected chi connectivity index (χ4v) is 4.17. The Morgan fingerprint density at radius 1 is 1.15 bits per heavy atom. The Balaban J connectivity index is 1.56. The zero-order valence-corrected chi connectivity index (χ0v) is 18.1. The quantitative estimate of drug-likeness (QED) is 0.496. The minimum absolute atomic E-state index is 0.0574. The molecule has 9 heteroatoms. The Labute approximate surface area is 189 Å². The maximum atomic E-state index is 12.9. The van der Waals surface area contributed by atoms with Crippen molar-refractivity contribution in [2.75, 3.05) is 31.2 Å². The smallest absolute Gasteiger partial charge is 0.335 e. The van der Waals surface area contributed by atoms with Crippen molar-refractivity contribution >= 4 is 22.7 Å². The van der Waals surface area contributed by atoms with Crippen molar-refractivity contribution in [2.24, 2.45) is 0 Å². The van der Waals surface area contributed by atoms with Crippen LogP contribution < -0.4 is 10.3 Å². The molecule has 0 radical (unpaired) electrons. The second-order valence-corrected chi connectivity index (χ2v) is 8.05. The summed E-state index contributed by atoms with van der Waals surface area (Å²) >= 11 is 0. The third-order valence-corrected chi connectivity index (χ3v) is 5.89. The predicted molar refractivity (Wildman–Crippen MR) is 124 cm³/mol. The standard InChI is InChI=1S/C24H23N5O4/c1-15-12-16(6-7-17(15)24(31)32)29-14-20(26-27-29)18-4-2-5-19-21(30)13-22(25-23(18)19)28-8-3-10-33-11-9-28/h2,4-7,12-14H,3,8-11H2,1H3,(H,25,30)(H,31,32). The van der Waals surface area contributed by atoms with Crippen LogP contribution in [-0.4, -0.2) is 57.4 Å². The lowest BCUT2D eigenvalue weighted by atomic mass is 10.1. The first-order chi connectivity index (χ1) is 16.0. The molecule has 1 fully saturated rings. The van der Waals surface area contributed by atoms with E-state index in [2.05, 4.69) is 20.2 Å². The van der Waals surface area contributed by atoms with Gasteiger partial charge in [0.05, 0.1) is 29.6 Å². The second-order valence-electron chi connectivity index (χ2n) is 8.05. The number of hydrogen-bond donors (Lipinski definition) is 2. The van der Waals surface area contributed by atoms with Crippen molar-refractivity contribution in [1.82, 2.24) is 20.0 Å². The molecule has 0 aliphatic carbocycles. The molecule has 1 saturated heterocycles. The highest BCUT2D eigenvalue weighted by atomic mass is 16.5. The molecule has 1 aliphatic heterocycles. The number of carbonyl (C=O) groups is 1. The molecule has 0 spiro atoms. The van der Waals surface area contributed by atoms with Gasteiger partial charge in [-0.25, -0.2) is 9.48 Å². The van der Waals surface area contributed by atoms with Gasteiger partial charge in [0.2, 0.25) is 0 Å². The average Bonchev–Trinajstić information content (AvgIpc) is 3.13. The summed E-state index contributed by atoms with van der Waals surface area (Å²) in [5.41, 5.74) is 3.60. The Morgan fingerprint density at radius 2 is 2.03 bits per heavy atom. The number of para-hydroxylation sites is 1. The number of ether oxygens (including phenoxy) is 1. The van der Waals surface area contributed by atoms with E-state index in [4.69, 9.17) is 4.74 Å². The van der Waals surface area contributed by atoms with Crippen LogP contribution in [0.5, 0.6) is 0 Å². The molecule has 0 unspecified atom stereocenters. The molecule has 4 aromatic rings. The van der Waals surface area contributed by atoms with Gasteiger partial charge in [-0.15, -0.1) is 5.10 Å². The van der Waals surface area contributed by atoms with Gasteiger partial charge in [0.25, 0.3) is 0 Å². The second kappa shape index (κ2) is 8.51. The summed E-state index contributed by atoms with van der Waals surface area (Å²) in [6.45, 7) is 4.61. The number of nitrogens with zero attached hydrogens (tertiary/aromatic N) is 4. The number of fused-ring (bicyclic) bond motifs is 1. The number of aromatic nitrogens is 4. The number of benzene rings is 2. The molecule has 3 heterocycles. The third kappa shape index (κ3) is 3.98. The zero-order valence-electron chi connectivity index (χ0n) is 18.1. The summed E-state index contributed by atoms with van der Waals surface area (Å²) < 4.78 is 7.14. The van der Waals surface area contributed by atoms with Crippen LogP contribution in [0.3, 0.4) is 0 Å². The van der Waals surface area contributed by atoms with Crippen molar-refractivity contribution < 1.29 is 14.6 Å². The highest BCUT2D eigenvalue weighted by molar-refractivity contribution is 5.93. The molecule has 33 heavy (non-hydrogen) atoms. The van der Waals surface area contributed by atoms with Crippen LogP contribution in [0.15, 0.2) is 53.5 Å². The molecule has 9 nitrogen and oxygen atoms in total. The van der Waals surface area contributed by atoms with Gasteiger partial charge in [-0.05, 0) is 43.2 Å². The van der Waals surface area contributed by atoms with E-state index < -0.39 is 5.97 Å². The van der Waals surface area contributed by atoms with Crippen LogP contribution >= 0.6 is 0 Å². The molecule has 1 aliphatic rings. The lowest BCUT2D eigenvalue weighted by Gasteiger charge is -2.22. The number of aryl methyl sites for hydroxylation is 1. The zero-order chi connectivity index (χ0) is 22.9. The van der Waals surface area contributed by atoms with E-state index in [1.807, 2.05) is 12.1 Å². The van der Waals surface area contributed by atoms with Crippen molar-refractivity contribution in [2.45, 2.75) is 13.3 Å². The molecule has 0 amide bonds. The van der Waals surface area contributed by atoms with Crippen molar-refractivity contribution in [1.29, 1.82) is 0 Å². The maximum Gasteiger partial charge on any atom is 0.335 e. The fraction of sp³-hybridized carbons (Fsp3) is 0.250. The Hall–Kier alpha value is -3.98. The molecule has 2 N–H and O–H groups in total. The van der Waals surface area contributed by atoms with Crippen LogP contribution in [0.1, 0.15) is 22.3 Å². The summed E-state index contributed by atoms with van der Waals surface area (Å²) in [5.74, 6) is -0.206. The molecule has 2 aromatic heterocycles. The van der Waals surface area contributed by atoms with E-state index in [1.54, 1.807) is 48.1 Å². The summed E-state index contributed by atoms with van der Waals surface area (Å²) in [7, 11) is 0. The maximum absolute atomic E-state index is 12.9. The van der Waals surface area contributed by atoms with Crippen molar-refractivity contribution in [3.63, 3.8) is 0 Å². The number of rotatable bonds is 4. The van der Waals surface area contributed by atoms with E-state index in [0.29, 0.717) is 41.0 Å². The lowest BCUT2D eigenvalue weighted by molar-refractivity contribution is 0.0696. The van der Waals surface area contributed by atoms with Crippen LogP contribution in [0.25, 0.3) is 27.8 Å². The van der Waals surface area contributed by atoms with E-state index in [-0.39, 0.29) is 11.0 Å². The van der Waals surface area contributed by atoms with Gasteiger partial charge in [0, 0.05) is 36.7 Å². The van der Waals surface area contributed by atoms with Crippen molar-refractivity contribution in [3.8, 4) is 16.9 Å². The first kappa shape index (κ1) is 20.9. The SMILES string of the molecule is Cc1cc(-n2cc(-c3cccc4c(=O)cc(N5CCCOCC5)[nH]c34)nn2)ccc1C(=O)O. The van der Waals surface area contributed by atoms with Gasteiger partial charge in [0.15, 0.2) is 5.43 Å². The normalized spacial score (nSPS) is 14.4. The van der Waals surface area contributed by atoms with Gasteiger partial charge in [0.1, 0.15) is 11.5 Å². The number of H-pyrrole nitrogens is 1. The summed E-state index contributed by atoms with van der Waals surface area (Å²) in [6, 6.07) is 12.2. The number of carboxylic acid groups (broad SMARTS) is 1. The van der Waals surface area contributed by atoms with Crippen LogP contribution in [0.2, 0.25) is 0 Å². The highest BCUT2D eigenvalue weighted by Crippen LogP contribution is 2.27. The first-order valence-electron chi connectivity index (χ1n) is 10.8. The van der Waals surface area contributed by atoms with E-state index in [1.165, 1.54) is 0 Å². The van der Waals surface area contributed by atoms with Gasteiger partial charge in [-0.1, -0.05) is 17.3 Å². The van der Waals surface area contributed by atoms with E-state index >= 15 is 0 Å². The van der Waals surface area contributed by atoms with Gasteiger partial charge < -0.3 is 19.7 Å². The van der Waals surface area contributed by atoms with E-state index in [9.17, 15) is 14.7 Å². The van der Waals surface area contributed by atoms with Gasteiger partial charge in [-0.3, -0.25) is 4.79 Å². The molecular formula is C24H23N5O4. The Morgan fingerprint density at radius 3 is 2.85 bits per heavy atom. The number of pyridine rings is 1. The minimum atomic E-state index is -0.968. The number of aromatic carboxylic acids is 1. The number of nitrogens with one attached hydrogen (secondary N) is 1. The Kier molecular flexibility index (Phi) is 5.39. The van der Waals surface area contributed by atoms with Crippen LogP contribution in [-0.2, 0) is 4.74 Å². The number of carboxylic acids is 1. The third-order valence-electron chi connectivity index (χ3n) is 5.89. The van der Waals surface area contributed by atoms with Crippen molar-refractivity contribution in [3.05, 3.63) is 70.0 Å². The predicted octanol–water partition coefficient (Wildman–Crippen LogP) is 3.01. The molecule has 5 rings (SSSR count). The topological polar surface area (TPSA) is 113 Å². The average molecular weight is 445 g/mol. The van der Waals surface area contributed by atoms with Crippen LogP contribution in [0.4, 0.5) is 5.82 Å². The number of aromatic amines is 1. The molecule has 168 valence electrons. The minimum Gasteiger partial charge on any atom is -0.478 e. The highest BCUT2D eigenvalue weighted by Gasteiger charge is 2.16. The number of hydrogen-bond acceptors (Lipinski definition) is 6. The van der Waals surface area contributed by atoms with Crippen LogP contribution in [0, 0.1) is 6.92 Å². The van der Waals surface area contributed by atoms with Gasteiger partial charge in [-0.2, -0.15) is 0 Å². The number of anilines is 1. The monoisotopic (exact) mass is 445 g/mol. The summed E-state index contributed by atoms with van der Waals surface area (Å²) in [5, 5.41) is 18.4. The molecule has 0 bridgehead atoms. The van der Waals surface area contributed by atoms with E-state index in [0.717, 1.165) is 31.0 Å². The van der Waals surface area contributed by atoms with Gasteiger partial charge >= 0.3 is 5.97 Å².